The fraction of sp³-hybridized carbons (Fsp3) is 0.174. The second kappa shape index (κ2) is 10.7. The van der Waals surface area contributed by atoms with Gasteiger partial charge in [0.25, 0.3) is 5.56 Å². The van der Waals surface area contributed by atoms with Crippen molar-refractivity contribution in [3.63, 3.8) is 0 Å². The molecule has 1 amide bonds. The van der Waals surface area contributed by atoms with Crippen LogP contribution in [0, 0.1) is 0 Å². The molecular formula is C23H17F3N6O3S3. The summed E-state index contributed by atoms with van der Waals surface area (Å²) in [6.07, 6.45) is -4.85. The number of amides is 1. The van der Waals surface area contributed by atoms with E-state index < -0.39 is 17.7 Å². The van der Waals surface area contributed by atoms with Crippen molar-refractivity contribution >= 4 is 67.8 Å². The largest absolute Gasteiger partial charge is 0.573 e. The molecule has 3 aromatic heterocycles. The monoisotopic (exact) mass is 578 g/mol. The number of nitrogens with one attached hydrogen (secondary N) is 2. The van der Waals surface area contributed by atoms with Gasteiger partial charge in [0.05, 0.1) is 11.4 Å². The Bertz CT molecular complexity index is 1680. The third kappa shape index (κ3) is 5.63. The van der Waals surface area contributed by atoms with Crippen molar-refractivity contribution < 1.29 is 22.7 Å². The van der Waals surface area contributed by atoms with E-state index in [2.05, 4.69) is 30.2 Å². The van der Waals surface area contributed by atoms with E-state index in [0.717, 1.165) is 39.4 Å². The van der Waals surface area contributed by atoms with Crippen LogP contribution in [0.15, 0.2) is 62.8 Å². The SMILES string of the molecule is CCSc1nnc(NC(=O)CSc2nc3c([nH]c4ccccc43)c(=O)n2-c2ccc(OC(F)(F)F)cc2)s1. The lowest BCUT2D eigenvalue weighted by molar-refractivity contribution is -0.274. The lowest BCUT2D eigenvalue weighted by Crippen LogP contribution is -2.23. The van der Waals surface area contributed by atoms with Gasteiger partial charge in [0.1, 0.15) is 16.8 Å². The number of H-pyrrole nitrogens is 1. The fourth-order valence-electron chi connectivity index (χ4n) is 3.59. The molecule has 0 unspecified atom stereocenters. The second-order valence-electron chi connectivity index (χ2n) is 7.61. The quantitative estimate of drug-likeness (QED) is 0.142. The standard InChI is InChI=1S/C23H17F3N6O3S3/c1-2-36-22-31-30-20(38-22)28-16(33)11-37-21-29-17-14-5-3-4-6-15(14)27-18(17)19(34)32(21)12-7-9-13(10-8-12)35-23(24,25)26/h3-10,27H,2,11H2,1H3,(H,28,30,33). The molecule has 15 heteroatoms. The molecule has 0 saturated heterocycles. The molecule has 0 atom stereocenters. The Morgan fingerprint density at radius 3 is 2.63 bits per heavy atom. The number of ether oxygens (including phenoxy) is 1. The molecular weight excluding hydrogens is 561 g/mol. The Labute approximate surface area is 224 Å². The van der Waals surface area contributed by atoms with Gasteiger partial charge in [-0.05, 0) is 36.1 Å². The third-order valence-corrected chi connectivity index (χ3v) is 7.87. The Kier molecular flexibility index (Phi) is 7.32. The average Bonchev–Trinajstić information content (AvgIpc) is 3.47. The molecule has 0 aliphatic rings. The first-order valence-corrected chi connectivity index (χ1v) is 13.8. The Hall–Kier alpha value is -3.56. The molecule has 0 radical (unpaired) electrons. The molecule has 0 aliphatic carbocycles. The van der Waals surface area contributed by atoms with Crippen LogP contribution in [0.4, 0.5) is 18.3 Å². The summed E-state index contributed by atoms with van der Waals surface area (Å²) in [6.45, 7) is 1.98. The van der Waals surface area contributed by atoms with Crippen LogP contribution in [0.5, 0.6) is 5.75 Å². The number of hydrogen-bond acceptors (Lipinski definition) is 9. The normalized spacial score (nSPS) is 11.8. The summed E-state index contributed by atoms with van der Waals surface area (Å²) in [4.78, 5) is 34.0. The summed E-state index contributed by atoms with van der Waals surface area (Å²) < 4.78 is 43.7. The maximum atomic E-state index is 13.6. The average molecular weight is 579 g/mol. The molecule has 0 saturated carbocycles. The highest BCUT2D eigenvalue weighted by atomic mass is 32.2. The number of nitrogens with zero attached hydrogens (tertiary/aromatic N) is 4. The first kappa shape index (κ1) is 26.1. The highest BCUT2D eigenvalue weighted by Crippen LogP contribution is 2.29. The molecule has 3 heterocycles. The number of carbonyl (C=O) groups is 1. The van der Waals surface area contributed by atoms with Gasteiger partial charge in [0.15, 0.2) is 9.50 Å². The number of thioether (sulfide) groups is 2. The van der Waals surface area contributed by atoms with Crippen molar-refractivity contribution in [1.82, 2.24) is 24.7 Å². The van der Waals surface area contributed by atoms with Gasteiger partial charge in [0.2, 0.25) is 11.0 Å². The zero-order chi connectivity index (χ0) is 26.9. The van der Waals surface area contributed by atoms with E-state index in [-0.39, 0.29) is 28.0 Å². The number of halogens is 3. The number of carbonyl (C=O) groups excluding carboxylic acids is 1. The maximum absolute atomic E-state index is 13.6. The first-order chi connectivity index (χ1) is 18.2. The molecule has 38 heavy (non-hydrogen) atoms. The van der Waals surface area contributed by atoms with E-state index >= 15 is 0 Å². The molecule has 9 nitrogen and oxygen atoms in total. The second-order valence-corrected chi connectivity index (χ2v) is 11.0. The number of benzene rings is 2. The van der Waals surface area contributed by atoms with Crippen molar-refractivity contribution in [2.75, 3.05) is 16.8 Å². The molecule has 5 aromatic rings. The number of para-hydroxylation sites is 1. The van der Waals surface area contributed by atoms with Gasteiger partial charge >= 0.3 is 6.36 Å². The Morgan fingerprint density at radius 1 is 1.13 bits per heavy atom. The van der Waals surface area contributed by atoms with Gasteiger partial charge in [0, 0.05) is 10.9 Å². The van der Waals surface area contributed by atoms with Crippen molar-refractivity contribution in [2.24, 2.45) is 0 Å². The van der Waals surface area contributed by atoms with Crippen LogP contribution in [-0.2, 0) is 4.79 Å². The van der Waals surface area contributed by atoms with Crippen LogP contribution in [0.1, 0.15) is 6.92 Å². The van der Waals surface area contributed by atoms with Gasteiger partial charge in [-0.2, -0.15) is 0 Å². The van der Waals surface area contributed by atoms with Crippen molar-refractivity contribution in [1.29, 1.82) is 0 Å². The summed E-state index contributed by atoms with van der Waals surface area (Å²) in [7, 11) is 0. The number of aromatic nitrogens is 5. The first-order valence-electron chi connectivity index (χ1n) is 11.0. The number of rotatable bonds is 8. The molecule has 0 bridgehead atoms. The summed E-state index contributed by atoms with van der Waals surface area (Å²) in [5, 5.41) is 11.9. The smallest absolute Gasteiger partial charge is 0.406 e. The van der Waals surface area contributed by atoms with Crippen molar-refractivity contribution in [2.45, 2.75) is 22.8 Å². The van der Waals surface area contributed by atoms with E-state index in [4.69, 9.17) is 0 Å². The minimum Gasteiger partial charge on any atom is -0.406 e. The van der Waals surface area contributed by atoms with Crippen molar-refractivity contribution in [3.05, 3.63) is 58.9 Å². The van der Waals surface area contributed by atoms with Crippen LogP contribution in [-0.4, -0.2) is 48.5 Å². The van der Waals surface area contributed by atoms with Gasteiger partial charge in [-0.3, -0.25) is 19.5 Å². The number of aromatic amines is 1. The summed E-state index contributed by atoms with van der Waals surface area (Å²) >= 11 is 3.77. The zero-order valence-electron chi connectivity index (χ0n) is 19.4. The van der Waals surface area contributed by atoms with E-state index in [1.165, 1.54) is 39.8 Å². The lowest BCUT2D eigenvalue weighted by Gasteiger charge is -2.13. The summed E-state index contributed by atoms with van der Waals surface area (Å²) in [5.41, 5.74) is 1.14. The molecule has 196 valence electrons. The minimum absolute atomic E-state index is 0.106. The summed E-state index contributed by atoms with van der Waals surface area (Å²) in [5.74, 6) is -0.0970. The predicted molar refractivity (Wildman–Crippen MR) is 142 cm³/mol. The highest BCUT2D eigenvalue weighted by Gasteiger charge is 2.31. The number of anilines is 1. The molecule has 0 fully saturated rings. The van der Waals surface area contributed by atoms with E-state index in [9.17, 15) is 22.8 Å². The summed E-state index contributed by atoms with van der Waals surface area (Å²) in [6, 6.07) is 12.1. The third-order valence-electron chi connectivity index (χ3n) is 5.08. The zero-order valence-corrected chi connectivity index (χ0v) is 21.9. The van der Waals surface area contributed by atoms with Gasteiger partial charge in [-0.15, -0.1) is 23.4 Å². The minimum atomic E-state index is -4.85. The maximum Gasteiger partial charge on any atom is 0.573 e. The Morgan fingerprint density at radius 2 is 1.89 bits per heavy atom. The Balaban J connectivity index is 1.49. The lowest BCUT2D eigenvalue weighted by atomic mass is 10.2. The van der Waals surface area contributed by atoms with Gasteiger partial charge in [-0.25, -0.2) is 4.98 Å². The number of fused-ring (bicyclic) bond motifs is 3. The molecule has 5 rings (SSSR count). The molecule has 2 N–H and O–H groups in total. The van der Waals surface area contributed by atoms with Gasteiger partial charge in [-0.1, -0.05) is 60.0 Å². The highest BCUT2D eigenvalue weighted by molar-refractivity contribution is 8.01. The van der Waals surface area contributed by atoms with Crippen molar-refractivity contribution in [3.8, 4) is 11.4 Å². The molecule has 2 aromatic carbocycles. The van der Waals surface area contributed by atoms with E-state index in [0.29, 0.717) is 16.2 Å². The van der Waals surface area contributed by atoms with Crippen LogP contribution < -0.4 is 15.6 Å². The fourth-order valence-corrected chi connectivity index (χ4v) is 6.06. The number of hydrogen-bond donors (Lipinski definition) is 2. The molecule has 0 aliphatic heterocycles. The predicted octanol–water partition coefficient (Wildman–Crippen LogP) is 5.46. The number of alkyl halides is 3. The topological polar surface area (TPSA) is 115 Å². The van der Waals surface area contributed by atoms with Crippen LogP contribution >= 0.6 is 34.9 Å². The van der Waals surface area contributed by atoms with Crippen LogP contribution in [0.25, 0.3) is 27.6 Å². The van der Waals surface area contributed by atoms with Crippen LogP contribution in [0.2, 0.25) is 0 Å². The van der Waals surface area contributed by atoms with Gasteiger partial charge < -0.3 is 9.72 Å². The molecule has 0 spiro atoms. The van der Waals surface area contributed by atoms with Crippen LogP contribution in [0.3, 0.4) is 0 Å². The van der Waals surface area contributed by atoms with E-state index in [1.807, 2.05) is 25.1 Å². The van der Waals surface area contributed by atoms with E-state index in [1.54, 1.807) is 6.07 Å².